The van der Waals surface area contributed by atoms with Crippen molar-refractivity contribution in [3.05, 3.63) is 62.2 Å². The van der Waals surface area contributed by atoms with Crippen molar-refractivity contribution in [3.8, 4) is 11.5 Å². The van der Waals surface area contributed by atoms with Crippen LogP contribution in [-0.4, -0.2) is 29.3 Å². The third kappa shape index (κ3) is 5.40. The minimum absolute atomic E-state index is 0.0332. The monoisotopic (exact) mass is 388 g/mol. The molecule has 10 nitrogen and oxygen atoms in total. The molecule has 0 aliphatic heterocycles. The second-order valence-corrected chi connectivity index (χ2v) is 5.58. The lowest BCUT2D eigenvalue weighted by atomic mass is 10.2. The summed E-state index contributed by atoms with van der Waals surface area (Å²) < 4.78 is 11.0. The number of hydrogen-bond acceptors (Lipinski definition) is 8. The second kappa shape index (κ2) is 9.86. The third-order valence-electron chi connectivity index (χ3n) is 3.49. The van der Waals surface area contributed by atoms with Crippen LogP contribution >= 0.6 is 0 Å². The average molecular weight is 388 g/mol. The SMILES string of the molecule is CCCOc1c(OCC)cc(/C=N/Nc2ccc([N+](=O)[O-])cc2)cc1[N+](=O)[O-]. The normalized spacial score (nSPS) is 10.6. The number of hydrogen-bond donors (Lipinski definition) is 1. The lowest BCUT2D eigenvalue weighted by molar-refractivity contribution is -0.386. The molecule has 0 aliphatic carbocycles. The van der Waals surface area contributed by atoms with E-state index in [1.54, 1.807) is 13.0 Å². The Morgan fingerprint density at radius 1 is 1.07 bits per heavy atom. The zero-order valence-electron chi connectivity index (χ0n) is 15.5. The van der Waals surface area contributed by atoms with Crippen LogP contribution in [0.2, 0.25) is 0 Å². The van der Waals surface area contributed by atoms with Crippen molar-refractivity contribution in [2.75, 3.05) is 18.6 Å². The number of nitro groups is 2. The highest BCUT2D eigenvalue weighted by Gasteiger charge is 2.22. The van der Waals surface area contributed by atoms with E-state index in [2.05, 4.69) is 10.5 Å². The van der Waals surface area contributed by atoms with Gasteiger partial charge in [0, 0.05) is 23.8 Å². The largest absolute Gasteiger partial charge is 0.490 e. The van der Waals surface area contributed by atoms with Crippen molar-refractivity contribution >= 4 is 23.3 Å². The molecule has 28 heavy (non-hydrogen) atoms. The molecule has 0 fully saturated rings. The molecule has 2 rings (SSSR count). The Labute approximate surface area is 161 Å². The van der Waals surface area contributed by atoms with Crippen molar-refractivity contribution in [3.63, 3.8) is 0 Å². The molecule has 0 heterocycles. The number of ether oxygens (including phenoxy) is 2. The second-order valence-electron chi connectivity index (χ2n) is 5.58. The standard InChI is InChI=1S/C18H20N4O6/c1-3-9-28-18-16(22(25)26)10-13(11-17(18)27-4-2)12-19-20-14-5-7-15(8-6-14)21(23)24/h5-8,10-12,20H,3-4,9H2,1-2H3/b19-12+. The van der Waals surface area contributed by atoms with Crippen LogP contribution in [0, 0.1) is 20.2 Å². The number of nitrogens with zero attached hydrogens (tertiary/aromatic N) is 3. The fourth-order valence-electron chi connectivity index (χ4n) is 2.27. The van der Waals surface area contributed by atoms with E-state index in [0.29, 0.717) is 30.9 Å². The molecule has 0 amide bonds. The van der Waals surface area contributed by atoms with Gasteiger partial charge in [0.2, 0.25) is 5.75 Å². The molecule has 0 unspecified atom stereocenters. The molecule has 0 aromatic heterocycles. The van der Waals surface area contributed by atoms with Gasteiger partial charge in [0.25, 0.3) is 5.69 Å². The van der Waals surface area contributed by atoms with Gasteiger partial charge < -0.3 is 9.47 Å². The van der Waals surface area contributed by atoms with Gasteiger partial charge in [0.1, 0.15) is 0 Å². The minimum Gasteiger partial charge on any atom is -0.490 e. The first-order chi connectivity index (χ1) is 13.5. The molecule has 2 aromatic rings. The first kappa shape index (κ1) is 20.6. The Bertz CT molecular complexity index is 867. The van der Waals surface area contributed by atoms with E-state index < -0.39 is 9.85 Å². The Morgan fingerprint density at radius 3 is 2.36 bits per heavy atom. The van der Waals surface area contributed by atoms with Gasteiger partial charge in [-0.1, -0.05) is 6.92 Å². The quantitative estimate of drug-likeness (QED) is 0.368. The maximum atomic E-state index is 11.4. The number of nitro benzene ring substituents is 2. The zero-order chi connectivity index (χ0) is 20.5. The van der Waals surface area contributed by atoms with Crippen LogP contribution in [0.1, 0.15) is 25.8 Å². The summed E-state index contributed by atoms with van der Waals surface area (Å²) in [4.78, 5) is 21.1. The van der Waals surface area contributed by atoms with E-state index in [1.807, 2.05) is 6.92 Å². The summed E-state index contributed by atoms with van der Waals surface area (Å²) in [6.45, 7) is 4.32. The van der Waals surface area contributed by atoms with E-state index in [-0.39, 0.29) is 22.9 Å². The maximum Gasteiger partial charge on any atom is 0.315 e. The molecule has 0 saturated carbocycles. The van der Waals surface area contributed by atoms with E-state index in [0.717, 1.165) is 0 Å². The van der Waals surface area contributed by atoms with Crippen LogP contribution in [-0.2, 0) is 0 Å². The highest BCUT2D eigenvalue weighted by molar-refractivity contribution is 5.83. The summed E-state index contributed by atoms with van der Waals surface area (Å²) >= 11 is 0. The molecular formula is C18H20N4O6. The van der Waals surface area contributed by atoms with Gasteiger partial charge in [-0.15, -0.1) is 0 Å². The molecule has 0 aliphatic rings. The predicted octanol–water partition coefficient (Wildman–Crippen LogP) is 4.14. The minimum atomic E-state index is -0.533. The van der Waals surface area contributed by atoms with Crippen LogP contribution in [0.15, 0.2) is 41.5 Å². The highest BCUT2D eigenvalue weighted by Crippen LogP contribution is 2.38. The number of nitrogens with one attached hydrogen (secondary N) is 1. The van der Waals surface area contributed by atoms with Crippen LogP contribution in [0.4, 0.5) is 17.1 Å². The summed E-state index contributed by atoms with van der Waals surface area (Å²) in [5.41, 5.74) is 3.44. The molecule has 0 spiro atoms. The van der Waals surface area contributed by atoms with Gasteiger partial charge in [-0.05, 0) is 31.5 Å². The van der Waals surface area contributed by atoms with Crippen molar-refractivity contribution in [1.82, 2.24) is 0 Å². The van der Waals surface area contributed by atoms with Gasteiger partial charge in [0.05, 0.1) is 35.0 Å². The van der Waals surface area contributed by atoms with E-state index in [9.17, 15) is 20.2 Å². The lowest BCUT2D eigenvalue weighted by Gasteiger charge is -2.12. The molecule has 10 heteroatoms. The highest BCUT2D eigenvalue weighted by atomic mass is 16.6. The van der Waals surface area contributed by atoms with Crippen LogP contribution < -0.4 is 14.9 Å². The topological polar surface area (TPSA) is 129 Å². The Balaban J connectivity index is 2.25. The van der Waals surface area contributed by atoms with Gasteiger partial charge in [0.15, 0.2) is 5.75 Å². The van der Waals surface area contributed by atoms with E-state index in [4.69, 9.17) is 9.47 Å². The maximum absolute atomic E-state index is 11.4. The van der Waals surface area contributed by atoms with Crippen molar-refractivity contribution in [2.45, 2.75) is 20.3 Å². The van der Waals surface area contributed by atoms with Gasteiger partial charge >= 0.3 is 5.69 Å². The van der Waals surface area contributed by atoms with Crippen LogP contribution in [0.5, 0.6) is 11.5 Å². The smallest absolute Gasteiger partial charge is 0.315 e. The first-order valence-electron chi connectivity index (χ1n) is 8.57. The molecule has 1 N–H and O–H groups in total. The van der Waals surface area contributed by atoms with Crippen molar-refractivity contribution in [1.29, 1.82) is 0 Å². The predicted molar refractivity (Wildman–Crippen MR) is 104 cm³/mol. The first-order valence-corrected chi connectivity index (χ1v) is 8.57. The number of hydrazone groups is 1. The number of non-ortho nitro benzene ring substituents is 1. The summed E-state index contributed by atoms with van der Waals surface area (Å²) in [6, 6.07) is 8.64. The zero-order valence-corrected chi connectivity index (χ0v) is 15.5. The Kier molecular flexibility index (Phi) is 7.26. The fraction of sp³-hybridized carbons (Fsp3) is 0.278. The number of benzene rings is 2. The average Bonchev–Trinajstić information content (AvgIpc) is 2.67. The Morgan fingerprint density at radius 2 is 1.79 bits per heavy atom. The molecule has 0 radical (unpaired) electrons. The number of rotatable bonds is 10. The molecular weight excluding hydrogens is 368 g/mol. The lowest BCUT2D eigenvalue weighted by Crippen LogP contribution is -2.04. The third-order valence-corrected chi connectivity index (χ3v) is 3.49. The van der Waals surface area contributed by atoms with Gasteiger partial charge in [-0.2, -0.15) is 5.10 Å². The molecule has 0 saturated heterocycles. The van der Waals surface area contributed by atoms with E-state index in [1.165, 1.54) is 36.5 Å². The summed E-state index contributed by atoms with van der Waals surface area (Å²) in [7, 11) is 0. The van der Waals surface area contributed by atoms with Gasteiger partial charge in [-0.3, -0.25) is 25.7 Å². The molecule has 2 aromatic carbocycles. The van der Waals surface area contributed by atoms with Crippen LogP contribution in [0.3, 0.4) is 0 Å². The summed E-state index contributed by atoms with van der Waals surface area (Å²) in [5.74, 6) is 0.358. The molecule has 0 atom stereocenters. The molecule has 0 bridgehead atoms. The number of anilines is 1. The Hall–Kier alpha value is -3.69. The fourth-order valence-corrected chi connectivity index (χ4v) is 2.27. The van der Waals surface area contributed by atoms with Crippen LogP contribution in [0.25, 0.3) is 0 Å². The van der Waals surface area contributed by atoms with Crippen molar-refractivity contribution < 1.29 is 19.3 Å². The van der Waals surface area contributed by atoms with E-state index >= 15 is 0 Å². The molecule has 148 valence electrons. The van der Waals surface area contributed by atoms with Gasteiger partial charge in [-0.25, -0.2) is 0 Å². The van der Waals surface area contributed by atoms with Crippen molar-refractivity contribution in [2.24, 2.45) is 5.10 Å². The summed E-state index contributed by atoms with van der Waals surface area (Å²) in [6.07, 6.45) is 2.09. The summed E-state index contributed by atoms with van der Waals surface area (Å²) in [5, 5.41) is 26.1.